The number of pyridine rings is 3. The molecule has 8 heteroatoms. The second kappa shape index (κ2) is 7.61. The first-order valence-electron chi connectivity index (χ1n) is 11.4. The number of ether oxygens (including phenoxy) is 1. The number of halogens is 1. The van der Waals surface area contributed by atoms with Crippen LogP contribution >= 0.6 is 11.6 Å². The van der Waals surface area contributed by atoms with Crippen molar-refractivity contribution in [1.29, 1.82) is 0 Å². The normalized spacial score (nSPS) is 18.6. The lowest BCUT2D eigenvalue weighted by molar-refractivity contribution is -0.172. The van der Waals surface area contributed by atoms with E-state index < -0.39 is 11.6 Å². The van der Waals surface area contributed by atoms with Gasteiger partial charge in [0.05, 0.1) is 34.5 Å². The Balaban J connectivity index is 1.67. The molecule has 0 aliphatic carbocycles. The number of aliphatic hydroxyl groups is 1. The standard InChI is InChI=1S/C26H22ClN3O4/c1-2-26(33)18-11-21-23-16(12-30(21)24(31)17(18)13-34-25(26)32)14(5-3-9-27)22-15-6-4-10-28-19(15)7-8-20(22)29-23/h4,6-8,10-11,33H,2-3,5,9,12-13H2,1H3/t26-/m0/s1. The van der Waals surface area contributed by atoms with E-state index in [0.29, 0.717) is 34.9 Å². The number of benzene rings is 1. The highest BCUT2D eigenvalue weighted by molar-refractivity contribution is 6.17. The molecule has 0 spiro atoms. The number of carbonyl (C=O) groups excluding carboxylic acids is 1. The number of rotatable bonds is 4. The van der Waals surface area contributed by atoms with Crippen LogP contribution in [0.5, 0.6) is 0 Å². The van der Waals surface area contributed by atoms with Gasteiger partial charge < -0.3 is 14.4 Å². The summed E-state index contributed by atoms with van der Waals surface area (Å²) in [6.45, 7) is 1.92. The average molecular weight is 476 g/mol. The smallest absolute Gasteiger partial charge is 0.343 e. The lowest BCUT2D eigenvalue weighted by Gasteiger charge is -2.31. The SMILES string of the molecule is CC[C@@]1(O)C(=O)OCc2c1cc1n(c2=O)Cc2c-1nc1ccc3ncccc3c1c2CCCCl. The Morgan fingerprint density at radius 3 is 2.82 bits per heavy atom. The van der Waals surface area contributed by atoms with Crippen LogP contribution in [0, 0.1) is 0 Å². The maximum absolute atomic E-state index is 13.5. The number of alkyl halides is 1. The van der Waals surface area contributed by atoms with Crippen molar-refractivity contribution in [1.82, 2.24) is 14.5 Å². The van der Waals surface area contributed by atoms with E-state index in [9.17, 15) is 14.7 Å². The van der Waals surface area contributed by atoms with Gasteiger partial charge in [-0.15, -0.1) is 11.6 Å². The van der Waals surface area contributed by atoms with Gasteiger partial charge in [0.1, 0.15) is 6.61 Å². The number of hydrogen-bond acceptors (Lipinski definition) is 6. The molecule has 0 fully saturated rings. The minimum Gasteiger partial charge on any atom is -0.458 e. The highest BCUT2D eigenvalue weighted by Crippen LogP contribution is 2.41. The zero-order valence-corrected chi connectivity index (χ0v) is 19.4. The van der Waals surface area contributed by atoms with Crippen molar-refractivity contribution in [3.63, 3.8) is 0 Å². The maximum Gasteiger partial charge on any atom is 0.343 e. The van der Waals surface area contributed by atoms with Gasteiger partial charge in [-0.25, -0.2) is 9.78 Å². The summed E-state index contributed by atoms with van der Waals surface area (Å²) < 4.78 is 6.85. The van der Waals surface area contributed by atoms with Crippen LogP contribution in [0.4, 0.5) is 0 Å². The largest absolute Gasteiger partial charge is 0.458 e. The van der Waals surface area contributed by atoms with E-state index in [4.69, 9.17) is 21.3 Å². The number of aryl methyl sites for hydroxylation is 1. The van der Waals surface area contributed by atoms with Gasteiger partial charge in [-0.3, -0.25) is 9.78 Å². The van der Waals surface area contributed by atoms with E-state index in [1.807, 2.05) is 24.3 Å². The minimum atomic E-state index is -1.84. The van der Waals surface area contributed by atoms with Gasteiger partial charge in [-0.05, 0) is 49.1 Å². The van der Waals surface area contributed by atoms with Crippen molar-refractivity contribution in [3.8, 4) is 11.4 Å². The predicted octanol–water partition coefficient (Wildman–Crippen LogP) is 3.80. The molecule has 0 amide bonds. The van der Waals surface area contributed by atoms with Gasteiger partial charge >= 0.3 is 5.97 Å². The molecule has 1 N–H and O–H groups in total. The first-order valence-corrected chi connectivity index (χ1v) is 11.9. The van der Waals surface area contributed by atoms with E-state index in [2.05, 4.69) is 4.98 Å². The fraction of sp³-hybridized carbons (Fsp3) is 0.308. The summed E-state index contributed by atoms with van der Waals surface area (Å²) in [7, 11) is 0. The maximum atomic E-state index is 13.5. The molecule has 172 valence electrons. The lowest BCUT2D eigenvalue weighted by Crippen LogP contribution is -2.44. The zero-order chi connectivity index (χ0) is 23.6. The third kappa shape index (κ3) is 2.80. The summed E-state index contributed by atoms with van der Waals surface area (Å²) in [6, 6.07) is 9.60. The van der Waals surface area contributed by atoms with Gasteiger partial charge in [-0.2, -0.15) is 0 Å². The molecule has 2 aliphatic heterocycles. The molecule has 0 saturated carbocycles. The number of hydrogen-bond donors (Lipinski definition) is 1. The highest BCUT2D eigenvalue weighted by atomic mass is 35.5. The van der Waals surface area contributed by atoms with Gasteiger partial charge in [0.15, 0.2) is 5.60 Å². The van der Waals surface area contributed by atoms with Crippen LogP contribution in [0.25, 0.3) is 33.2 Å². The van der Waals surface area contributed by atoms with E-state index in [0.717, 1.165) is 45.8 Å². The van der Waals surface area contributed by atoms with E-state index in [-0.39, 0.29) is 18.6 Å². The third-order valence-electron chi connectivity index (χ3n) is 7.11. The number of nitrogens with zero attached hydrogens (tertiary/aromatic N) is 3. The van der Waals surface area contributed by atoms with Crippen LogP contribution in [0.3, 0.4) is 0 Å². The van der Waals surface area contributed by atoms with Crippen molar-refractivity contribution in [2.45, 2.75) is 44.9 Å². The van der Waals surface area contributed by atoms with Crippen molar-refractivity contribution < 1.29 is 14.6 Å². The van der Waals surface area contributed by atoms with Crippen LogP contribution in [-0.4, -0.2) is 31.5 Å². The lowest BCUT2D eigenvalue weighted by atomic mass is 9.86. The quantitative estimate of drug-likeness (QED) is 0.241. The summed E-state index contributed by atoms with van der Waals surface area (Å²) in [6.07, 6.45) is 3.40. The van der Waals surface area contributed by atoms with Crippen molar-refractivity contribution in [3.05, 3.63) is 69.1 Å². The highest BCUT2D eigenvalue weighted by Gasteiger charge is 2.45. The Bertz CT molecular complexity index is 1580. The van der Waals surface area contributed by atoms with E-state index in [1.54, 1.807) is 23.8 Å². The molecule has 5 heterocycles. The summed E-state index contributed by atoms with van der Waals surface area (Å²) in [5, 5.41) is 13.1. The second-order valence-corrected chi connectivity index (χ2v) is 9.22. The van der Waals surface area contributed by atoms with Crippen molar-refractivity contribution in [2.75, 3.05) is 5.88 Å². The van der Waals surface area contributed by atoms with E-state index in [1.165, 1.54) is 0 Å². The number of carbonyl (C=O) groups is 1. The second-order valence-electron chi connectivity index (χ2n) is 8.84. The molecule has 34 heavy (non-hydrogen) atoms. The monoisotopic (exact) mass is 475 g/mol. The van der Waals surface area contributed by atoms with Gasteiger partial charge in [0.2, 0.25) is 0 Å². The summed E-state index contributed by atoms with van der Waals surface area (Å²) in [5.41, 5.74) is 3.64. The molecule has 0 radical (unpaired) electrons. The molecular formula is C26H22ClN3O4. The Morgan fingerprint density at radius 2 is 2.03 bits per heavy atom. The zero-order valence-electron chi connectivity index (χ0n) is 18.6. The Labute approximate surface area is 200 Å². The number of fused-ring (bicyclic) bond motifs is 7. The summed E-state index contributed by atoms with van der Waals surface area (Å²) in [5.74, 6) is -0.204. The van der Waals surface area contributed by atoms with Crippen LogP contribution in [0.2, 0.25) is 0 Å². The van der Waals surface area contributed by atoms with Gasteiger partial charge in [0, 0.05) is 34.0 Å². The van der Waals surface area contributed by atoms with E-state index >= 15 is 0 Å². The Morgan fingerprint density at radius 1 is 1.21 bits per heavy atom. The third-order valence-corrected chi connectivity index (χ3v) is 7.38. The molecular weight excluding hydrogens is 454 g/mol. The van der Waals surface area contributed by atoms with Gasteiger partial charge in [-0.1, -0.05) is 13.0 Å². The number of esters is 1. The van der Waals surface area contributed by atoms with Crippen LogP contribution in [0.15, 0.2) is 41.3 Å². The first-order chi connectivity index (χ1) is 16.5. The molecule has 0 bridgehead atoms. The molecule has 0 unspecified atom stereocenters. The fourth-order valence-electron chi connectivity index (χ4n) is 5.35. The molecule has 3 aromatic heterocycles. The molecule has 6 rings (SSSR count). The van der Waals surface area contributed by atoms with Crippen molar-refractivity contribution in [2.24, 2.45) is 0 Å². The van der Waals surface area contributed by atoms with Crippen LogP contribution < -0.4 is 5.56 Å². The fourth-order valence-corrected chi connectivity index (χ4v) is 5.48. The summed E-state index contributed by atoms with van der Waals surface area (Å²) in [4.78, 5) is 35.4. The average Bonchev–Trinajstić information content (AvgIpc) is 3.23. The number of aromatic nitrogens is 3. The molecule has 4 aromatic rings. The predicted molar refractivity (Wildman–Crippen MR) is 129 cm³/mol. The minimum absolute atomic E-state index is 0.111. The topological polar surface area (TPSA) is 94.3 Å². The van der Waals surface area contributed by atoms with Gasteiger partial charge in [0.25, 0.3) is 5.56 Å². The Hall–Kier alpha value is -3.29. The number of cyclic esters (lactones) is 1. The van der Waals surface area contributed by atoms with Crippen LogP contribution in [-0.2, 0) is 34.7 Å². The van der Waals surface area contributed by atoms with Crippen LogP contribution in [0.1, 0.15) is 42.0 Å². The summed E-state index contributed by atoms with van der Waals surface area (Å²) >= 11 is 6.08. The van der Waals surface area contributed by atoms with Crippen molar-refractivity contribution >= 4 is 39.4 Å². The molecule has 1 aromatic carbocycles. The molecule has 7 nitrogen and oxygen atoms in total. The Kier molecular flexibility index (Phi) is 4.76. The molecule has 2 aliphatic rings. The molecule has 0 saturated heterocycles. The molecule has 1 atom stereocenters. The first kappa shape index (κ1) is 21.3.